The molecule has 1 heterocycles. The molecular weight excluding hydrogens is 474 g/mol. The molecule has 0 saturated heterocycles. The van der Waals surface area contributed by atoms with Crippen LogP contribution in [0.15, 0.2) is 89.3 Å². The maximum absolute atomic E-state index is 12.9. The summed E-state index contributed by atoms with van der Waals surface area (Å²) < 4.78 is 16.3. The second kappa shape index (κ2) is 9.94. The Morgan fingerprint density at radius 3 is 2.19 bits per heavy atom. The monoisotopic (exact) mass is 495 g/mol. The Morgan fingerprint density at radius 1 is 0.811 bits per heavy atom. The number of nitrogens with one attached hydrogen (secondary N) is 1. The van der Waals surface area contributed by atoms with Gasteiger partial charge in [0, 0.05) is 27.9 Å². The zero-order chi connectivity index (χ0) is 25.9. The fourth-order valence-electron chi connectivity index (χ4n) is 3.93. The molecule has 1 amide bonds. The molecule has 0 fully saturated rings. The van der Waals surface area contributed by atoms with E-state index in [9.17, 15) is 19.2 Å². The summed E-state index contributed by atoms with van der Waals surface area (Å²) in [6, 6.07) is 23.3. The van der Waals surface area contributed by atoms with Gasteiger partial charge in [-0.05, 0) is 49.4 Å². The number of carbonyl (C=O) groups excluding carboxylic acids is 4. The second-order valence-corrected chi connectivity index (χ2v) is 8.37. The van der Waals surface area contributed by atoms with E-state index in [1.54, 1.807) is 42.5 Å². The Hall–Kier alpha value is -4.98. The molecule has 1 aliphatic carbocycles. The summed E-state index contributed by atoms with van der Waals surface area (Å²) in [6.45, 7) is 1.54. The highest BCUT2D eigenvalue weighted by molar-refractivity contribution is 6.28. The average molecular weight is 495 g/mol. The van der Waals surface area contributed by atoms with Crippen molar-refractivity contribution >= 4 is 29.1 Å². The van der Waals surface area contributed by atoms with Crippen LogP contribution in [-0.4, -0.2) is 29.5 Å². The maximum atomic E-state index is 12.9. The van der Waals surface area contributed by atoms with Crippen molar-refractivity contribution in [2.75, 3.05) is 5.32 Å². The van der Waals surface area contributed by atoms with Gasteiger partial charge in [0.2, 0.25) is 5.76 Å². The molecular formula is C29H21NO7. The lowest BCUT2D eigenvalue weighted by Gasteiger charge is -2.19. The minimum Gasteiger partial charge on any atom is -0.486 e. The number of benzene rings is 3. The first-order chi connectivity index (χ1) is 17.9. The molecule has 0 bridgehead atoms. The number of ether oxygens (including phenoxy) is 2. The summed E-state index contributed by atoms with van der Waals surface area (Å²) in [5.41, 5.74) is 1.44. The maximum Gasteiger partial charge on any atom is 0.375 e. The normalized spacial score (nSPS) is 12.8. The van der Waals surface area contributed by atoms with Crippen molar-refractivity contribution in [1.29, 1.82) is 0 Å². The van der Waals surface area contributed by atoms with Crippen LogP contribution in [0.1, 0.15) is 55.1 Å². The average Bonchev–Trinajstić information content (AvgIpc) is 3.40. The molecule has 37 heavy (non-hydrogen) atoms. The third kappa shape index (κ3) is 4.90. The fraction of sp³-hybridized carbons (Fsp3) is 0.103. The molecule has 0 radical (unpaired) electrons. The Labute approximate surface area is 211 Å². The van der Waals surface area contributed by atoms with E-state index in [0.29, 0.717) is 28.3 Å². The lowest BCUT2D eigenvalue weighted by atomic mass is 9.84. The van der Waals surface area contributed by atoms with Crippen LogP contribution in [0, 0.1) is 0 Å². The molecule has 1 atom stereocenters. The van der Waals surface area contributed by atoms with E-state index >= 15 is 0 Å². The number of para-hydroxylation sites is 1. The highest BCUT2D eigenvalue weighted by Crippen LogP contribution is 2.29. The zero-order valence-corrected chi connectivity index (χ0v) is 19.7. The quantitative estimate of drug-likeness (QED) is 0.322. The molecule has 1 aromatic heterocycles. The number of ketones is 2. The molecule has 3 aromatic carbocycles. The van der Waals surface area contributed by atoms with Gasteiger partial charge in [-0.3, -0.25) is 14.4 Å². The predicted molar refractivity (Wildman–Crippen MR) is 133 cm³/mol. The summed E-state index contributed by atoms with van der Waals surface area (Å²) in [4.78, 5) is 50.8. The fourth-order valence-corrected chi connectivity index (χ4v) is 3.93. The molecule has 184 valence electrons. The molecule has 0 aliphatic heterocycles. The number of hydrogen-bond donors (Lipinski definition) is 1. The molecule has 5 rings (SSSR count). The van der Waals surface area contributed by atoms with Gasteiger partial charge >= 0.3 is 5.97 Å². The van der Waals surface area contributed by atoms with E-state index in [1.807, 2.05) is 18.2 Å². The molecule has 0 saturated carbocycles. The van der Waals surface area contributed by atoms with Crippen molar-refractivity contribution in [2.24, 2.45) is 0 Å². The molecule has 1 N–H and O–H groups in total. The van der Waals surface area contributed by atoms with Gasteiger partial charge in [-0.1, -0.05) is 42.5 Å². The van der Waals surface area contributed by atoms with E-state index < -0.39 is 18.0 Å². The standard InChI is InChI=1S/C29H21NO7/c1-17(36-29(34)25-14-12-20(37-25)16-35-19-7-3-2-4-8-19)28(33)30-18-11-13-23-24(15-18)27(32)22-10-6-5-9-21(22)26(23)31/h2-15,17H,16H2,1H3,(H,30,33). The smallest absolute Gasteiger partial charge is 0.375 e. The van der Waals surface area contributed by atoms with Crippen LogP contribution in [0.5, 0.6) is 5.75 Å². The number of rotatable bonds is 7. The number of anilines is 1. The number of esters is 1. The van der Waals surface area contributed by atoms with Crippen LogP contribution in [-0.2, 0) is 16.1 Å². The van der Waals surface area contributed by atoms with Crippen molar-refractivity contribution in [1.82, 2.24) is 0 Å². The summed E-state index contributed by atoms with van der Waals surface area (Å²) in [7, 11) is 0. The first kappa shape index (κ1) is 23.7. The molecule has 1 aliphatic rings. The predicted octanol–water partition coefficient (Wildman–Crippen LogP) is 4.82. The minimum atomic E-state index is -1.16. The molecule has 8 heteroatoms. The Kier molecular flexibility index (Phi) is 6.38. The number of fused-ring (bicyclic) bond motifs is 2. The second-order valence-electron chi connectivity index (χ2n) is 8.37. The van der Waals surface area contributed by atoms with Gasteiger partial charge in [0.15, 0.2) is 17.7 Å². The Bertz CT molecular complexity index is 1520. The molecule has 8 nitrogen and oxygen atoms in total. The zero-order valence-electron chi connectivity index (χ0n) is 19.7. The van der Waals surface area contributed by atoms with Crippen LogP contribution in [0.2, 0.25) is 0 Å². The summed E-state index contributed by atoms with van der Waals surface area (Å²) in [6.07, 6.45) is -1.16. The van der Waals surface area contributed by atoms with Crippen molar-refractivity contribution < 1.29 is 33.1 Å². The van der Waals surface area contributed by atoms with Crippen LogP contribution in [0.3, 0.4) is 0 Å². The number of carbonyl (C=O) groups is 4. The first-order valence-electron chi connectivity index (χ1n) is 11.5. The van der Waals surface area contributed by atoms with Gasteiger partial charge in [0.25, 0.3) is 5.91 Å². The third-order valence-corrected chi connectivity index (χ3v) is 5.83. The molecule has 4 aromatic rings. The minimum absolute atomic E-state index is 0.0668. The van der Waals surface area contributed by atoms with Crippen molar-refractivity contribution in [2.45, 2.75) is 19.6 Å². The number of furan rings is 1. The Balaban J connectivity index is 1.20. The van der Waals surface area contributed by atoms with Crippen molar-refractivity contribution in [3.05, 3.63) is 119 Å². The highest BCUT2D eigenvalue weighted by Gasteiger charge is 2.30. The van der Waals surface area contributed by atoms with Crippen LogP contribution < -0.4 is 10.1 Å². The van der Waals surface area contributed by atoms with E-state index in [1.165, 1.54) is 31.2 Å². The van der Waals surface area contributed by atoms with E-state index in [2.05, 4.69) is 5.32 Å². The number of hydrogen-bond acceptors (Lipinski definition) is 7. The van der Waals surface area contributed by atoms with E-state index in [-0.39, 0.29) is 35.1 Å². The number of amides is 1. The van der Waals surface area contributed by atoms with E-state index in [4.69, 9.17) is 13.9 Å². The van der Waals surface area contributed by atoms with Gasteiger partial charge in [-0.15, -0.1) is 0 Å². The topological polar surface area (TPSA) is 112 Å². The van der Waals surface area contributed by atoms with Gasteiger partial charge in [0.1, 0.15) is 18.1 Å². The third-order valence-electron chi connectivity index (χ3n) is 5.83. The summed E-state index contributed by atoms with van der Waals surface area (Å²) in [5.74, 6) is -0.960. The van der Waals surface area contributed by atoms with Crippen molar-refractivity contribution in [3.8, 4) is 5.75 Å². The lowest BCUT2D eigenvalue weighted by Crippen LogP contribution is -2.30. The van der Waals surface area contributed by atoms with Crippen molar-refractivity contribution in [3.63, 3.8) is 0 Å². The first-order valence-corrected chi connectivity index (χ1v) is 11.5. The van der Waals surface area contributed by atoms with Gasteiger partial charge < -0.3 is 19.2 Å². The summed E-state index contributed by atoms with van der Waals surface area (Å²) in [5, 5.41) is 2.62. The Morgan fingerprint density at radius 2 is 1.46 bits per heavy atom. The van der Waals surface area contributed by atoms with Gasteiger partial charge in [0.05, 0.1) is 0 Å². The van der Waals surface area contributed by atoms with Crippen LogP contribution in [0.25, 0.3) is 0 Å². The molecule has 1 unspecified atom stereocenters. The SMILES string of the molecule is CC(OC(=O)c1ccc(COc2ccccc2)o1)C(=O)Nc1ccc2c(c1)C(=O)c1ccccc1C2=O. The highest BCUT2D eigenvalue weighted by atomic mass is 16.6. The van der Waals surface area contributed by atoms with E-state index in [0.717, 1.165) is 0 Å². The lowest BCUT2D eigenvalue weighted by molar-refractivity contribution is -0.123. The van der Waals surface area contributed by atoms with Gasteiger partial charge in [-0.2, -0.15) is 0 Å². The summed E-state index contributed by atoms with van der Waals surface area (Å²) >= 11 is 0. The largest absolute Gasteiger partial charge is 0.486 e. The van der Waals surface area contributed by atoms with Gasteiger partial charge in [-0.25, -0.2) is 4.79 Å². The van der Waals surface area contributed by atoms with Crippen LogP contribution >= 0.6 is 0 Å². The molecule has 0 spiro atoms. The van der Waals surface area contributed by atoms with Crippen LogP contribution in [0.4, 0.5) is 5.69 Å².